The molecule has 0 nitrogen and oxygen atoms in total. The van der Waals surface area contributed by atoms with Crippen molar-refractivity contribution in [3.8, 4) is 44.5 Å². The zero-order valence-electron chi connectivity index (χ0n) is 30.5. The first-order chi connectivity index (χ1) is 26.6. The highest BCUT2D eigenvalue weighted by Crippen LogP contribution is 2.46. The summed E-state index contributed by atoms with van der Waals surface area (Å²) in [6.45, 7) is 17.4. The summed E-state index contributed by atoms with van der Waals surface area (Å²) in [5, 5.41) is 4.35. The summed E-state index contributed by atoms with van der Waals surface area (Å²) in [4.78, 5) is 0. The summed E-state index contributed by atoms with van der Waals surface area (Å²) >= 11 is 0. The molecule has 0 aliphatic heterocycles. The molecule has 0 bridgehead atoms. The monoisotopic (exact) mass is 690 g/mol. The molecule has 7 rings (SSSR count). The average Bonchev–Trinajstić information content (AvgIpc) is 3.23. The van der Waals surface area contributed by atoms with Crippen LogP contribution in [-0.4, -0.2) is 0 Å². The van der Waals surface area contributed by atoms with E-state index in [1.165, 1.54) is 0 Å². The number of allylic oxidation sites excluding steroid dienone is 8. The SMILES string of the molecule is C=CC=CC(=C)c1c2ccccc2c(C(=C)C=CC=C)c2c(-c3ccccc3)ccc(-c3ccccc3)c(-c3ccccc3)ccc(-c3ccccc3)c12. The molecule has 0 amide bonds. The molecule has 0 unspecified atom stereocenters. The van der Waals surface area contributed by atoms with Gasteiger partial charge in [0.1, 0.15) is 0 Å². The van der Waals surface area contributed by atoms with Gasteiger partial charge in [-0.1, -0.05) is 233 Å². The number of hydrogen-bond donors (Lipinski definition) is 0. The van der Waals surface area contributed by atoms with Crippen LogP contribution in [-0.2, 0) is 0 Å². The van der Waals surface area contributed by atoms with E-state index in [0.717, 1.165) is 88.3 Å². The first-order valence-electron chi connectivity index (χ1n) is 18.2. The molecule has 0 radical (unpaired) electrons. The minimum absolute atomic E-state index is 0.889. The number of rotatable bonds is 10. The molecule has 7 aromatic carbocycles. The van der Waals surface area contributed by atoms with Crippen LogP contribution in [0.1, 0.15) is 11.1 Å². The second-order valence-corrected chi connectivity index (χ2v) is 13.1. The molecule has 0 aliphatic rings. The van der Waals surface area contributed by atoms with Crippen LogP contribution in [0.3, 0.4) is 0 Å². The molecular formula is C54H42. The zero-order valence-corrected chi connectivity index (χ0v) is 30.5. The molecule has 258 valence electrons. The van der Waals surface area contributed by atoms with E-state index in [4.69, 9.17) is 13.2 Å². The minimum atomic E-state index is 0.889. The van der Waals surface area contributed by atoms with Gasteiger partial charge in [-0.15, -0.1) is 0 Å². The van der Waals surface area contributed by atoms with Crippen molar-refractivity contribution in [2.75, 3.05) is 0 Å². The van der Waals surface area contributed by atoms with Gasteiger partial charge >= 0.3 is 0 Å². The largest absolute Gasteiger partial charge is 0.0991 e. The maximum absolute atomic E-state index is 4.72. The summed E-state index contributed by atoms with van der Waals surface area (Å²) in [7, 11) is 0. The third-order valence-corrected chi connectivity index (χ3v) is 9.73. The Kier molecular flexibility index (Phi) is 10.8. The van der Waals surface area contributed by atoms with Gasteiger partial charge in [0.05, 0.1) is 0 Å². The molecule has 7 aromatic rings. The van der Waals surface area contributed by atoms with Crippen molar-refractivity contribution < 1.29 is 0 Å². The van der Waals surface area contributed by atoms with Crippen LogP contribution in [0.4, 0.5) is 0 Å². The highest BCUT2D eigenvalue weighted by atomic mass is 14.2. The minimum Gasteiger partial charge on any atom is -0.0991 e. The van der Waals surface area contributed by atoms with E-state index in [-0.39, 0.29) is 0 Å². The van der Waals surface area contributed by atoms with Crippen molar-refractivity contribution in [1.29, 1.82) is 0 Å². The summed E-state index contributed by atoms with van der Waals surface area (Å²) in [5.74, 6) is 0. The van der Waals surface area contributed by atoms with Crippen LogP contribution >= 0.6 is 0 Å². The molecule has 0 fully saturated rings. The van der Waals surface area contributed by atoms with Gasteiger partial charge in [-0.05, 0) is 88.3 Å². The number of benzene rings is 6. The van der Waals surface area contributed by atoms with Gasteiger partial charge in [-0.3, -0.25) is 0 Å². The van der Waals surface area contributed by atoms with Gasteiger partial charge in [0.15, 0.2) is 0 Å². The lowest BCUT2D eigenvalue weighted by atomic mass is 9.81. The van der Waals surface area contributed by atoms with Gasteiger partial charge in [0.25, 0.3) is 0 Å². The topological polar surface area (TPSA) is 0 Å². The fourth-order valence-electron chi connectivity index (χ4n) is 7.31. The van der Waals surface area contributed by atoms with Crippen LogP contribution in [0.5, 0.6) is 0 Å². The second kappa shape index (κ2) is 16.5. The maximum Gasteiger partial charge on any atom is -0.000808 e. The van der Waals surface area contributed by atoms with E-state index in [1.807, 2.05) is 12.2 Å². The molecule has 0 N–H and O–H groups in total. The summed E-state index contributed by atoms with van der Waals surface area (Å²) in [6.07, 6.45) is 11.7. The Hall–Kier alpha value is -7.02. The highest BCUT2D eigenvalue weighted by molar-refractivity contribution is 6.23. The van der Waals surface area contributed by atoms with E-state index in [0.29, 0.717) is 0 Å². The first-order valence-corrected chi connectivity index (χ1v) is 18.2. The van der Waals surface area contributed by atoms with Gasteiger partial charge in [0.2, 0.25) is 0 Å². The van der Waals surface area contributed by atoms with Crippen LogP contribution in [0.2, 0.25) is 0 Å². The van der Waals surface area contributed by atoms with Gasteiger partial charge in [-0.2, -0.15) is 0 Å². The highest BCUT2D eigenvalue weighted by Gasteiger charge is 2.21. The number of hydrogen-bond acceptors (Lipinski definition) is 0. The molecule has 0 saturated heterocycles. The third kappa shape index (κ3) is 7.19. The van der Waals surface area contributed by atoms with Crippen molar-refractivity contribution in [3.63, 3.8) is 0 Å². The smallest absolute Gasteiger partial charge is 0.000808 e. The van der Waals surface area contributed by atoms with Crippen molar-refractivity contribution in [1.82, 2.24) is 0 Å². The average molecular weight is 691 g/mol. The predicted octanol–water partition coefficient (Wildman–Crippen LogP) is 15.3. The lowest BCUT2D eigenvalue weighted by Crippen LogP contribution is -1.97. The Morgan fingerprint density at radius 2 is 0.611 bits per heavy atom. The summed E-state index contributed by atoms with van der Waals surface area (Å²) in [6, 6.07) is 60.5. The van der Waals surface area contributed by atoms with E-state index in [1.54, 1.807) is 12.2 Å². The van der Waals surface area contributed by atoms with Gasteiger partial charge < -0.3 is 0 Å². The Labute approximate surface area is 319 Å². The molecule has 0 spiro atoms. The maximum atomic E-state index is 4.72. The zero-order chi connectivity index (χ0) is 37.3. The van der Waals surface area contributed by atoms with Gasteiger partial charge in [-0.25, -0.2) is 0 Å². The Bertz CT molecular complexity index is 2430. The van der Waals surface area contributed by atoms with Crippen molar-refractivity contribution in [3.05, 3.63) is 244 Å². The molecule has 0 heterocycles. The third-order valence-electron chi connectivity index (χ3n) is 9.73. The quantitative estimate of drug-likeness (QED) is 0.125. The fourth-order valence-corrected chi connectivity index (χ4v) is 7.31. The standard InChI is InChI=1S/C54H42/c1-5-7-23-39(3)51-49-33-21-22-34-50(49)52(40(4)24-8-6-2)54-48(44-31-19-12-20-32-44)38-36-46(42-27-15-10-16-28-42)45(41-25-13-9-14-26-41)35-37-47(53(51)54)43-29-17-11-18-30-43/h5-38H,1-4H2. The Morgan fingerprint density at radius 3 is 0.926 bits per heavy atom. The molecule has 0 heteroatoms. The Morgan fingerprint density at radius 1 is 0.333 bits per heavy atom. The van der Waals surface area contributed by atoms with Crippen LogP contribution in [0.25, 0.3) is 77.2 Å². The number of fused-ring (bicyclic) bond motifs is 2. The van der Waals surface area contributed by atoms with E-state index in [2.05, 4.69) is 195 Å². The normalized spacial score (nSPS) is 11.1. The second-order valence-electron chi connectivity index (χ2n) is 13.1. The molecule has 0 atom stereocenters. The van der Waals surface area contributed by atoms with E-state index in [9.17, 15) is 0 Å². The molecular weight excluding hydrogens is 649 g/mol. The molecule has 0 saturated carbocycles. The predicted molar refractivity (Wildman–Crippen MR) is 238 cm³/mol. The van der Waals surface area contributed by atoms with Crippen molar-refractivity contribution >= 4 is 32.7 Å². The van der Waals surface area contributed by atoms with Crippen molar-refractivity contribution in [2.45, 2.75) is 0 Å². The fraction of sp³-hybridized carbons (Fsp3) is 0. The van der Waals surface area contributed by atoms with Crippen molar-refractivity contribution in [2.24, 2.45) is 0 Å². The van der Waals surface area contributed by atoms with Crippen LogP contribution in [0, 0.1) is 0 Å². The van der Waals surface area contributed by atoms with E-state index >= 15 is 0 Å². The Balaban J connectivity index is 1.88. The lowest BCUT2D eigenvalue weighted by molar-refractivity contribution is 1.58. The molecule has 54 heavy (non-hydrogen) atoms. The lowest BCUT2D eigenvalue weighted by Gasteiger charge is -2.22. The van der Waals surface area contributed by atoms with E-state index < -0.39 is 0 Å². The first kappa shape index (κ1) is 35.4. The van der Waals surface area contributed by atoms with Gasteiger partial charge in [0, 0.05) is 0 Å². The molecule has 0 aromatic heterocycles. The van der Waals surface area contributed by atoms with Crippen LogP contribution < -0.4 is 0 Å². The summed E-state index contributed by atoms with van der Waals surface area (Å²) in [5.41, 5.74) is 12.7. The molecule has 0 aliphatic carbocycles. The van der Waals surface area contributed by atoms with Crippen LogP contribution in [0.15, 0.2) is 233 Å². The summed E-state index contributed by atoms with van der Waals surface area (Å²) < 4.78 is 0.